The average Bonchev–Trinajstić information content (AvgIpc) is 3.14. The van der Waals surface area contributed by atoms with Crippen molar-refractivity contribution in [2.75, 3.05) is 18.7 Å². The number of nitrogens with zero attached hydrogens (tertiary/aromatic N) is 2. The number of fused-ring (bicyclic) bond motifs is 1. The van der Waals surface area contributed by atoms with Crippen LogP contribution in [0.2, 0.25) is 0 Å². The molecule has 0 atom stereocenters. The Morgan fingerprint density at radius 3 is 2.50 bits per heavy atom. The summed E-state index contributed by atoms with van der Waals surface area (Å²) in [6, 6.07) is 15.4. The van der Waals surface area contributed by atoms with Crippen molar-refractivity contribution in [1.29, 1.82) is 0 Å². The number of methoxy groups -OCH3 is 1. The van der Waals surface area contributed by atoms with Gasteiger partial charge in [0.2, 0.25) is 0 Å². The van der Waals surface area contributed by atoms with Crippen LogP contribution >= 0.6 is 0 Å². The lowest BCUT2D eigenvalue weighted by Gasteiger charge is -2.09. The molecule has 0 radical (unpaired) electrons. The summed E-state index contributed by atoms with van der Waals surface area (Å²) in [4.78, 5) is 30.6. The lowest BCUT2D eigenvalue weighted by Crippen LogP contribution is -2.29. The number of benzene rings is 2. The van der Waals surface area contributed by atoms with E-state index in [1.807, 2.05) is 0 Å². The molecule has 0 aliphatic heterocycles. The Bertz CT molecular complexity index is 1500. The standard InChI is InChI=1S/C22H20N4O5S/c1-13-17(20(27)24-15-10-7-11-16(12-15)31-2)22(28)26-19(23-13)18(14-8-5-4-6-9-14)21(25-26)32(3,29)30/h4-12,25H,1-3H3,(H,24,27). The number of amides is 1. The highest BCUT2D eigenvalue weighted by atomic mass is 32.2. The Balaban J connectivity index is 1.90. The van der Waals surface area contributed by atoms with Crippen molar-refractivity contribution in [2.24, 2.45) is 0 Å². The molecule has 0 fully saturated rings. The Hall–Kier alpha value is -3.92. The molecular weight excluding hydrogens is 432 g/mol. The number of aryl methyl sites for hydroxylation is 1. The van der Waals surface area contributed by atoms with Crippen molar-refractivity contribution in [3.8, 4) is 16.9 Å². The van der Waals surface area contributed by atoms with Crippen LogP contribution < -0.4 is 15.6 Å². The molecule has 4 rings (SSSR count). The Labute approximate surface area is 183 Å². The number of hydrogen-bond acceptors (Lipinski definition) is 6. The van der Waals surface area contributed by atoms with E-state index in [0.717, 1.165) is 10.8 Å². The number of ether oxygens (including phenoxy) is 1. The first-order valence-corrected chi connectivity index (χ1v) is 11.5. The number of anilines is 1. The van der Waals surface area contributed by atoms with Crippen molar-refractivity contribution in [1.82, 2.24) is 14.6 Å². The summed E-state index contributed by atoms with van der Waals surface area (Å²) in [6.45, 7) is 1.53. The van der Waals surface area contributed by atoms with Crippen molar-refractivity contribution in [3.05, 3.63) is 76.2 Å². The number of aromatic amines is 1. The van der Waals surface area contributed by atoms with E-state index >= 15 is 0 Å². The third kappa shape index (κ3) is 3.76. The number of hydrogen-bond donors (Lipinski definition) is 2. The van der Waals surface area contributed by atoms with Gasteiger partial charge in [-0.3, -0.25) is 14.7 Å². The van der Waals surface area contributed by atoms with Crippen LogP contribution in [0, 0.1) is 6.92 Å². The van der Waals surface area contributed by atoms with Gasteiger partial charge in [0.15, 0.2) is 20.5 Å². The highest BCUT2D eigenvalue weighted by Crippen LogP contribution is 2.30. The molecule has 0 aliphatic rings. The summed E-state index contributed by atoms with van der Waals surface area (Å²) in [6.07, 6.45) is 1.04. The van der Waals surface area contributed by atoms with Crippen LogP contribution in [-0.4, -0.2) is 42.3 Å². The van der Waals surface area contributed by atoms with Gasteiger partial charge in [0.1, 0.15) is 11.3 Å². The molecule has 164 valence electrons. The van der Waals surface area contributed by atoms with Gasteiger partial charge in [0, 0.05) is 18.0 Å². The first kappa shape index (κ1) is 21.3. The van der Waals surface area contributed by atoms with Crippen LogP contribution in [0.15, 0.2) is 64.4 Å². The summed E-state index contributed by atoms with van der Waals surface area (Å²) in [7, 11) is -2.23. The second-order valence-corrected chi connectivity index (χ2v) is 9.13. The van der Waals surface area contributed by atoms with Gasteiger partial charge < -0.3 is 10.1 Å². The highest BCUT2D eigenvalue weighted by Gasteiger charge is 2.26. The molecule has 4 aromatic rings. The van der Waals surface area contributed by atoms with Gasteiger partial charge in [0.05, 0.1) is 18.4 Å². The van der Waals surface area contributed by atoms with Gasteiger partial charge in [-0.2, -0.15) is 4.52 Å². The number of aromatic nitrogens is 3. The van der Waals surface area contributed by atoms with Gasteiger partial charge in [-0.05, 0) is 24.6 Å². The molecule has 0 aliphatic carbocycles. The molecule has 32 heavy (non-hydrogen) atoms. The van der Waals surface area contributed by atoms with E-state index in [9.17, 15) is 18.0 Å². The minimum Gasteiger partial charge on any atom is -0.497 e. The minimum atomic E-state index is -3.73. The lowest BCUT2D eigenvalue weighted by molar-refractivity contribution is 0.102. The van der Waals surface area contributed by atoms with E-state index in [1.54, 1.807) is 54.6 Å². The second-order valence-electron chi connectivity index (χ2n) is 7.18. The van der Waals surface area contributed by atoms with E-state index in [0.29, 0.717) is 17.0 Å². The quantitative estimate of drug-likeness (QED) is 0.480. The van der Waals surface area contributed by atoms with Gasteiger partial charge in [0.25, 0.3) is 11.5 Å². The van der Waals surface area contributed by atoms with Gasteiger partial charge in [-0.15, -0.1) is 0 Å². The number of H-pyrrole nitrogens is 1. The summed E-state index contributed by atoms with van der Waals surface area (Å²) in [5, 5.41) is 5.13. The molecular formula is C22H20N4O5S. The predicted molar refractivity (Wildman–Crippen MR) is 120 cm³/mol. The van der Waals surface area contributed by atoms with Gasteiger partial charge in [-0.25, -0.2) is 13.4 Å². The highest BCUT2D eigenvalue weighted by molar-refractivity contribution is 7.90. The molecule has 1 amide bonds. The predicted octanol–water partition coefficient (Wildman–Crippen LogP) is 2.66. The molecule has 10 heteroatoms. The Morgan fingerprint density at radius 2 is 1.84 bits per heavy atom. The lowest BCUT2D eigenvalue weighted by atomic mass is 10.1. The number of sulfone groups is 1. The maximum atomic E-state index is 13.2. The summed E-state index contributed by atoms with van der Waals surface area (Å²) >= 11 is 0. The van der Waals surface area contributed by atoms with E-state index in [-0.39, 0.29) is 27.5 Å². The van der Waals surface area contributed by atoms with Gasteiger partial charge >= 0.3 is 0 Å². The molecule has 2 aromatic heterocycles. The fourth-order valence-corrected chi connectivity index (χ4v) is 4.28. The van der Waals surface area contributed by atoms with Gasteiger partial charge in [-0.1, -0.05) is 36.4 Å². The van der Waals surface area contributed by atoms with Crippen LogP contribution in [0.25, 0.3) is 16.8 Å². The molecule has 9 nitrogen and oxygen atoms in total. The van der Waals surface area contributed by atoms with Crippen LogP contribution in [0.4, 0.5) is 5.69 Å². The molecule has 2 N–H and O–H groups in total. The summed E-state index contributed by atoms with van der Waals surface area (Å²) in [5.41, 5.74) is 0.668. The molecule has 0 saturated carbocycles. The second kappa shape index (κ2) is 7.97. The van der Waals surface area contributed by atoms with Crippen molar-refractivity contribution >= 4 is 27.1 Å². The van der Waals surface area contributed by atoms with Crippen LogP contribution in [0.5, 0.6) is 5.75 Å². The monoisotopic (exact) mass is 452 g/mol. The fourth-order valence-electron chi connectivity index (χ4n) is 3.45. The Morgan fingerprint density at radius 1 is 1.12 bits per heavy atom. The molecule has 2 heterocycles. The fraction of sp³-hybridized carbons (Fsp3) is 0.136. The number of rotatable bonds is 5. The topological polar surface area (TPSA) is 123 Å². The number of carbonyl (C=O) groups excluding carboxylic acids is 1. The van der Waals surface area contributed by atoms with Crippen molar-refractivity contribution < 1.29 is 17.9 Å². The third-order valence-electron chi connectivity index (χ3n) is 4.92. The third-order valence-corrected chi connectivity index (χ3v) is 5.95. The maximum Gasteiger partial charge on any atom is 0.285 e. The van der Waals surface area contributed by atoms with Crippen LogP contribution in [0.1, 0.15) is 16.1 Å². The maximum absolute atomic E-state index is 13.2. The van der Waals surface area contributed by atoms with E-state index in [4.69, 9.17) is 4.74 Å². The zero-order chi connectivity index (χ0) is 23.0. The zero-order valence-electron chi connectivity index (χ0n) is 17.5. The minimum absolute atomic E-state index is 0.122. The molecule has 2 aromatic carbocycles. The largest absolute Gasteiger partial charge is 0.497 e. The summed E-state index contributed by atoms with van der Waals surface area (Å²) < 4.78 is 31.0. The number of nitrogens with one attached hydrogen (secondary N) is 2. The van der Waals surface area contributed by atoms with E-state index in [2.05, 4.69) is 15.4 Å². The van der Waals surface area contributed by atoms with Crippen LogP contribution in [-0.2, 0) is 9.84 Å². The molecule has 0 bridgehead atoms. The van der Waals surface area contributed by atoms with E-state index < -0.39 is 21.3 Å². The van der Waals surface area contributed by atoms with Crippen molar-refractivity contribution in [2.45, 2.75) is 11.9 Å². The van der Waals surface area contributed by atoms with Crippen LogP contribution in [0.3, 0.4) is 0 Å². The molecule has 0 spiro atoms. The zero-order valence-corrected chi connectivity index (χ0v) is 18.4. The normalized spacial score (nSPS) is 11.5. The SMILES string of the molecule is COc1cccc(NC(=O)c2c(C)nc3c(-c4ccccc4)c(S(C)(=O)=O)[nH]n3c2=O)c1. The summed E-state index contributed by atoms with van der Waals surface area (Å²) in [5.74, 6) is -0.126. The average molecular weight is 452 g/mol. The molecule has 0 unspecified atom stereocenters. The first-order valence-electron chi connectivity index (χ1n) is 9.57. The van der Waals surface area contributed by atoms with E-state index in [1.165, 1.54) is 14.0 Å². The Kier molecular flexibility index (Phi) is 5.31. The smallest absolute Gasteiger partial charge is 0.285 e. The number of carbonyl (C=O) groups is 1. The van der Waals surface area contributed by atoms with Crippen molar-refractivity contribution in [3.63, 3.8) is 0 Å². The molecule has 0 saturated heterocycles. The first-order chi connectivity index (χ1) is 15.2.